The molecule has 0 bridgehead atoms. The van der Waals surface area contributed by atoms with Crippen molar-refractivity contribution in [3.63, 3.8) is 0 Å². The van der Waals surface area contributed by atoms with Crippen LogP contribution >= 0.6 is 0 Å². The molecule has 1 aliphatic heterocycles. The van der Waals surface area contributed by atoms with Gasteiger partial charge >= 0.3 is 0 Å². The highest BCUT2D eigenvalue weighted by atomic mass is 32.2. The van der Waals surface area contributed by atoms with Gasteiger partial charge in [0.05, 0.1) is 11.5 Å². The molecule has 7 nitrogen and oxygen atoms in total. The van der Waals surface area contributed by atoms with Crippen LogP contribution in [0, 0.1) is 0 Å². The molecule has 152 valence electrons. The summed E-state index contributed by atoms with van der Waals surface area (Å²) < 4.78 is 34.1. The van der Waals surface area contributed by atoms with E-state index in [0.717, 1.165) is 18.5 Å². The van der Waals surface area contributed by atoms with E-state index in [1.54, 1.807) is 25.1 Å². The molecule has 0 spiro atoms. The molecular weight excluding hydrogens is 378 g/mol. The van der Waals surface area contributed by atoms with Crippen molar-refractivity contribution in [1.82, 2.24) is 14.5 Å². The predicted octanol–water partition coefficient (Wildman–Crippen LogP) is 1.68. The molecule has 1 aliphatic rings. The molecule has 2 aromatic rings. The number of hydrogen-bond acceptors (Lipinski definition) is 5. The van der Waals surface area contributed by atoms with Gasteiger partial charge in [0, 0.05) is 57.0 Å². The number of nitrogens with zero attached hydrogens (tertiary/aromatic N) is 2. The molecule has 1 saturated heterocycles. The van der Waals surface area contributed by atoms with Gasteiger partial charge in [0.2, 0.25) is 15.9 Å². The number of rotatable bonds is 7. The number of carbonyl (C=O) groups excluding carboxylic acids is 1. The van der Waals surface area contributed by atoms with E-state index in [1.807, 2.05) is 30.0 Å². The third-order valence-corrected chi connectivity index (χ3v) is 6.49. The molecule has 28 heavy (non-hydrogen) atoms. The van der Waals surface area contributed by atoms with Crippen LogP contribution in [0.4, 0.5) is 0 Å². The maximum absolute atomic E-state index is 12.9. The number of ether oxygens (including phenoxy) is 1. The first kappa shape index (κ1) is 20.6. The van der Waals surface area contributed by atoms with Crippen molar-refractivity contribution in [3.8, 4) is 5.75 Å². The smallest absolute Gasteiger partial charge is 0.241 e. The van der Waals surface area contributed by atoms with Gasteiger partial charge in [-0.1, -0.05) is 24.3 Å². The number of sulfonamides is 1. The zero-order valence-electron chi connectivity index (χ0n) is 16.3. The highest BCUT2D eigenvalue weighted by molar-refractivity contribution is 7.89. The summed E-state index contributed by atoms with van der Waals surface area (Å²) in [6.07, 6.45) is 0. The Kier molecular flexibility index (Phi) is 6.53. The Balaban J connectivity index is 1.67. The molecule has 0 saturated carbocycles. The molecular formula is C20H27N3O4S. The van der Waals surface area contributed by atoms with Gasteiger partial charge in [-0.05, 0) is 19.1 Å². The van der Waals surface area contributed by atoms with Crippen LogP contribution in [0.25, 0.3) is 10.8 Å². The van der Waals surface area contributed by atoms with Crippen LogP contribution in [-0.4, -0.2) is 70.0 Å². The maximum atomic E-state index is 12.9. The van der Waals surface area contributed by atoms with Gasteiger partial charge in [0.15, 0.2) is 0 Å². The Labute approximate surface area is 166 Å². The number of carbonyl (C=O) groups is 1. The van der Waals surface area contributed by atoms with E-state index in [2.05, 4.69) is 9.62 Å². The normalized spacial score (nSPS) is 15.7. The first-order valence-electron chi connectivity index (χ1n) is 9.54. The molecule has 2 aromatic carbocycles. The molecule has 0 aliphatic carbocycles. The second-order valence-electron chi connectivity index (χ2n) is 6.79. The first-order chi connectivity index (χ1) is 13.4. The maximum Gasteiger partial charge on any atom is 0.241 e. The van der Waals surface area contributed by atoms with E-state index in [1.165, 1.54) is 0 Å². The summed E-state index contributed by atoms with van der Waals surface area (Å²) in [7, 11) is -3.64. The third kappa shape index (κ3) is 4.63. The molecule has 3 rings (SSSR count). The van der Waals surface area contributed by atoms with Crippen LogP contribution in [-0.2, 0) is 14.8 Å². The SMILES string of the molecule is CCOc1ccc(S(=O)(=O)NCCN2CCN(C(C)=O)CC2)c2ccccc12. The Morgan fingerprint density at radius 3 is 2.39 bits per heavy atom. The number of piperazine rings is 1. The minimum atomic E-state index is -3.64. The van der Waals surface area contributed by atoms with Gasteiger partial charge in [0.25, 0.3) is 0 Å². The van der Waals surface area contributed by atoms with E-state index >= 15 is 0 Å². The topological polar surface area (TPSA) is 79.0 Å². The highest BCUT2D eigenvalue weighted by Gasteiger charge is 2.21. The van der Waals surface area contributed by atoms with Gasteiger partial charge in [-0.15, -0.1) is 0 Å². The Morgan fingerprint density at radius 2 is 1.75 bits per heavy atom. The average molecular weight is 406 g/mol. The quantitative estimate of drug-likeness (QED) is 0.758. The van der Waals surface area contributed by atoms with Crippen molar-refractivity contribution in [1.29, 1.82) is 0 Å². The summed E-state index contributed by atoms with van der Waals surface area (Å²) >= 11 is 0. The van der Waals surface area contributed by atoms with Gasteiger partial charge in [-0.3, -0.25) is 9.69 Å². The number of amides is 1. The molecule has 1 fully saturated rings. The molecule has 0 unspecified atom stereocenters. The average Bonchev–Trinajstić information content (AvgIpc) is 2.68. The van der Waals surface area contributed by atoms with Crippen LogP contribution in [0.1, 0.15) is 13.8 Å². The molecule has 0 aromatic heterocycles. The fourth-order valence-corrected chi connectivity index (χ4v) is 4.69. The summed E-state index contributed by atoms with van der Waals surface area (Å²) in [6.45, 7) is 7.81. The molecule has 1 N–H and O–H groups in total. The monoisotopic (exact) mass is 405 g/mol. The van der Waals surface area contributed by atoms with Crippen molar-refractivity contribution >= 4 is 26.7 Å². The predicted molar refractivity (Wildman–Crippen MR) is 109 cm³/mol. The van der Waals surface area contributed by atoms with Crippen LogP contribution in [0.3, 0.4) is 0 Å². The lowest BCUT2D eigenvalue weighted by atomic mass is 10.1. The largest absolute Gasteiger partial charge is 0.493 e. The van der Waals surface area contributed by atoms with Crippen molar-refractivity contribution in [2.75, 3.05) is 45.9 Å². The Morgan fingerprint density at radius 1 is 1.07 bits per heavy atom. The first-order valence-corrected chi connectivity index (χ1v) is 11.0. The van der Waals surface area contributed by atoms with E-state index in [0.29, 0.717) is 43.9 Å². The lowest BCUT2D eigenvalue weighted by Gasteiger charge is -2.34. The molecule has 8 heteroatoms. The standard InChI is InChI=1S/C20H27N3O4S/c1-3-27-19-8-9-20(18-7-5-4-6-17(18)19)28(25,26)21-10-11-22-12-14-23(15-13-22)16(2)24/h4-9,21H,3,10-15H2,1-2H3. The summed E-state index contributed by atoms with van der Waals surface area (Å²) in [5.41, 5.74) is 0. The van der Waals surface area contributed by atoms with Gasteiger partial charge in [-0.2, -0.15) is 0 Å². The van der Waals surface area contributed by atoms with Gasteiger partial charge in [0.1, 0.15) is 5.75 Å². The van der Waals surface area contributed by atoms with Crippen molar-refractivity contribution < 1.29 is 17.9 Å². The van der Waals surface area contributed by atoms with Crippen LogP contribution in [0.15, 0.2) is 41.3 Å². The van der Waals surface area contributed by atoms with Crippen LogP contribution < -0.4 is 9.46 Å². The van der Waals surface area contributed by atoms with E-state index in [4.69, 9.17) is 4.74 Å². The summed E-state index contributed by atoms with van der Waals surface area (Å²) in [6, 6.07) is 10.7. The molecule has 1 heterocycles. The molecule has 0 atom stereocenters. The van der Waals surface area contributed by atoms with E-state index < -0.39 is 10.0 Å². The summed E-state index contributed by atoms with van der Waals surface area (Å²) in [5, 5.41) is 1.43. The zero-order chi connectivity index (χ0) is 20.1. The van der Waals surface area contributed by atoms with E-state index in [-0.39, 0.29) is 10.8 Å². The molecule has 0 radical (unpaired) electrons. The minimum Gasteiger partial charge on any atom is -0.493 e. The number of benzene rings is 2. The van der Waals surface area contributed by atoms with E-state index in [9.17, 15) is 13.2 Å². The number of nitrogens with one attached hydrogen (secondary N) is 1. The lowest BCUT2D eigenvalue weighted by Crippen LogP contribution is -2.49. The Bertz CT molecular complexity index is 938. The van der Waals surface area contributed by atoms with Crippen LogP contribution in [0.2, 0.25) is 0 Å². The van der Waals surface area contributed by atoms with Gasteiger partial charge < -0.3 is 9.64 Å². The van der Waals surface area contributed by atoms with Crippen molar-refractivity contribution in [2.45, 2.75) is 18.7 Å². The minimum absolute atomic E-state index is 0.0859. The van der Waals surface area contributed by atoms with Gasteiger partial charge in [-0.25, -0.2) is 13.1 Å². The number of hydrogen-bond donors (Lipinski definition) is 1. The third-order valence-electron chi connectivity index (χ3n) is 4.97. The second-order valence-corrected chi connectivity index (χ2v) is 8.52. The fourth-order valence-electron chi connectivity index (χ4n) is 3.46. The second kappa shape index (κ2) is 8.89. The van der Waals surface area contributed by atoms with Crippen molar-refractivity contribution in [3.05, 3.63) is 36.4 Å². The summed E-state index contributed by atoms with van der Waals surface area (Å²) in [4.78, 5) is 15.6. The van der Waals surface area contributed by atoms with Crippen molar-refractivity contribution in [2.24, 2.45) is 0 Å². The zero-order valence-corrected chi connectivity index (χ0v) is 17.2. The fraction of sp³-hybridized carbons (Fsp3) is 0.450. The molecule has 1 amide bonds. The summed E-state index contributed by atoms with van der Waals surface area (Å²) in [5.74, 6) is 0.767. The number of fused-ring (bicyclic) bond motifs is 1. The highest BCUT2D eigenvalue weighted by Crippen LogP contribution is 2.30. The lowest BCUT2D eigenvalue weighted by molar-refractivity contribution is -0.130. The van der Waals surface area contributed by atoms with Crippen LogP contribution in [0.5, 0.6) is 5.75 Å². The Hall–Kier alpha value is -2.16.